The molecule has 1 aromatic rings. The number of nitrogens with zero attached hydrogens (tertiary/aromatic N) is 1. The van der Waals surface area contributed by atoms with Crippen LogP contribution in [-0.4, -0.2) is 37.1 Å². The molecule has 1 saturated heterocycles. The Hall–Kier alpha value is -2.15. The lowest BCUT2D eigenvalue weighted by Gasteiger charge is -2.26. The van der Waals surface area contributed by atoms with Gasteiger partial charge >= 0.3 is 0 Å². The van der Waals surface area contributed by atoms with Gasteiger partial charge in [0, 0.05) is 0 Å². The fraction of sp³-hybridized carbons (Fsp3) is 0.588. The highest BCUT2D eigenvalue weighted by Crippen LogP contribution is 2.28. The smallest absolute Gasteiger partial charge is 0.296 e. The normalized spacial score (nSPS) is 17.4. The van der Waals surface area contributed by atoms with Crippen molar-refractivity contribution in [2.45, 2.75) is 45.1 Å². The maximum Gasteiger partial charge on any atom is 0.296 e. The number of benzene rings is 1. The average Bonchev–Trinajstić information content (AvgIpc) is 2.54. The van der Waals surface area contributed by atoms with E-state index in [1.165, 1.54) is 43.4 Å². The zero-order chi connectivity index (χ0) is 17.5. The first-order chi connectivity index (χ1) is 11.5. The number of hydrogen-bond acceptors (Lipinski definition) is 4. The Morgan fingerprint density at radius 1 is 1.25 bits per heavy atom. The van der Waals surface area contributed by atoms with E-state index in [2.05, 4.69) is 5.32 Å². The first kappa shape index (κ1) is 18.2. The number of methoxy groups -OCH3 is 1. The number of hydrogen-bond donors (Lipinski definition) is 2. The van der Waals surface area contributed by atoms with Crippen LogP contribution in [0.15, 0.2) is 18.2 Å². The molecule has 7 nitrogen and oxygen atoms in total. The third-order valence-electron chi connectivity index (χ3n) is 4.66. The highest BCUT2D eigenvalue weighted by atomic mass is 16.6. The van der Waals surface area contributed by atoms with Gasteiger partial charge < -0.3 is 15.0 Å². The van der Waals surface area contributed by atoms with Crippen molar-refractivity contribution in [2.24, 2.45) is 0 Å². The van der Waals surface area contributed by atoms with Crippen molar-refractivity contribution in [3.8, 4) is 5.75 Å². The van der Waals surface area contributed by atoms with Crippen LogP contribution in [0, 0.1) is 10.1 Å². The van der Waals surface area contributed by atoms with Crippen LogP contribution in [0.4, 0.5) is 11.4 Å². The highest BCUT2D eigenvalue weighted by Gasteiger charge is 2.27. The van der Waals surface area contributed by atoms with Gasteiger partial charge in [-0.2, -0.15) is 0 Å². The molecule has 0 saturated carbocycles. The largest absolute Gasteiger partial charge is 0.496 e. The van der Waals surface area contributed by atoms with Gasteiger partial charge in [-0.3, -0.25) is 14.9 Å². The predicted octanol–water partition coefficient (Wildman–Crippen LogP) is 1.78. The second-order valence-electron chi connectivity index (χ2n) is 6.28. The van der Waals surface area contributed by atoms with Crippen molar-refractivity contribution >= 4 is 17.3 Å². The summed E-state index contributed by atoms with van der Waals surface area (Å²) in [5.74, 6) is 0.209. The molecule has 132 valence electrons. The van der Waals surface area contributed by atoms with E-state index in [-0.39, 0.29) is 23.3 Å². The molecule has 0 aromatic heterocycles. The van der Waals surface area contributed by atoms with Crippen molar-refractivity contribution in [3.05, 3.63) is 28.3 Å². The average molecular weight is 336 g/mol. The van der Waals surface area contributed by atoms with Crippen LogP contribution in [0.2, 0.25) is 0 Å². The number of nitrogens with one attached hydrogen (secondary N) is 2. The van der Waals surface area contributed by atoms with E-state index in [1.807, 2.05) is 6.92 Å². The number of ether oxygens (including phenoxy) is 1. The van der Waals surface area contributed by atoms with Gasteiger partial charge in [0.2, 0.25) is 0 Å². The summed E-state index contributed by atoms with van der Waals surface area (Å²) in [6.07, 6.45) is 5.93. The van der Waals surface area contributed by atoms with Crippen LogP contribution >= 0.6 is 0 Å². The van der Waals surface area contributed by atoms with E-state index >= 15 is 0 Å². The second kappa shape index (κ2) is 8.63. The van der Waals surface area contributed by atoms with E-state index < -0.39 is 4.92 Å². The molecule has 1 aliphatic heterocycles. The van der Waals surface area contributed by atoms with Gasteiger partial charge in [0.25, 0.3) is 11.6 Å². The molecule has 24 heavy (non-hydrogen) atoms. The molecule has 1 aromatic carbocycles. The minimum atomic E-state index is -0.508. The van der Waals surface area contributed by atoms with Crippen molar-refractivity contribution in [1.82, 2.24) is 0 Å². The zero-order valence-corrected chi connectivity index (χ0v) is 14.3. The van der Waals surface area contributed by atoms with Crippen LogP contribution in [0.3, 0.4) is 0 Å². The number of nitro benzene ring substituents is 1. The van der Waals surface area contributed by atoms with Crippen LogP contribution in [-0.2, 0) is 4.79 Å². The Labute approximate surface area is 142 Å². The third-order valence-corrected chi connectivity index (χ3v) is 4.66. The Morgan fingerprint density at radius 2 is 1.88 bits per heavy atom. The van der Waals surface area contributed by atoms with Crippen molar-refractivity contribution in [2.75, 3.05) is 25.5 Å². The Balaban J connectivity index is 2.08. The maximum atomic E-state index is 12.6. The van der Waals surface area contributed by atoms with Gasteiger partial charge in [0.1, 0.15) is 11.4 Å². The molecule has 0 radical (unpaired) electrons. The van der Waals surface area contributed by atoms with Gasteiger partial charge in [0.15, 0.2) is 6.04 Å². The summed E-state index contributed by atoms with van der Waals surface area (Å²) in [4.78, 5) is 24.5. The Morgan fingerprint density at radius 3 is 2.46 bits per heavy atom. The first-order valence-electron chi connectivity index (χ1n) is 8.51. The third kappa shape index (κ3) is 4.67. The molecular formula is C17H26N3O4+. The summed E-state index contributed by atoms with van der Waals surface area (Å²) in [7, 11) is 1.45. The summed E-state index contributed by atoms with van der Waals surface area (Å²) < 4.78 is 5.01. The van der Waals surface area contributed by atoms with Crippen LogP contribution < -0.4 is 15.0 Å². The van der Waals surface area contributed by atoms with E-state index in [4.69, 9.17) is 4.74 Å². The second-order valence-corrected chi connectivity index (χ2v) is 6.28. The molecular weight excluding hydrogens is 310 g/mol. The number of anilines is 1. The lowest BCUT2D eigenvalue weighted by molar-refractivity contribution is -0.914. The number of nitro groups is 1. The van der Waals surface area contributed by atoms with Gasteiger partial charge in [-0.15, -0.1) is 0 Å². The van der Waals surface area contributed by atoms with E-state index in [0.29, 0.717) is 5.75 Å². The SMILES string of the molecule is COc1ccc(NC(=O)[C@@H](C)[NH+]2CCCCCCC2)c([N+](=O)[O-])c1. The molecule has 2 rings (SSSR count). The van der Waals surface area contributed by atoms with Crippen molar-refractivity contribution in [3.63, 3.8) is 0 Å². The number of carbonyl (C=O) groups is 1. The zero-order valence-electron chi connectivity index (χ0n) is 14.3. The number of rotatable bonds is 5. The molecule has 0 spiro atoms. The van der Waals surface area contributed by atoms with Crippen LogP contribution in [0.1, 0.15) is 39.0 Å². The molecule has 1 heterocycles. The molecule has 2 N–H and O–H groups in total. The minimum absolute atomic E-state index is 0.155. The highest BCUT2D eigenvalue weighted by molar-refractivity contribution is 5.95. The maximum absolute atomic E-state index is 12.6. The van der Waals surface area contributed by atoms with Crippen LogP contribution in [0.5, 0.6) is 5.75 Å². The molecule has 7 heteroatoms. The lowest BCUT2D eigenvalue weighted by Crippen LogP contribution is -3.16. The van der Waals surface area contributed by atoms with Crippen molar-refractivity contribution in [1.29, 1.82) is 0 Å². The van der Waals surface area contributed by atoms with E-state index in [9.17, 15) is 14.9 Å². The quantitative estimate of drug-likeness (QED) is 0.634. The lowest BCUT2D eigenvalue weighted by atomic mass is 10.1. The standard InChI is InChI=1S/C17H25N3O4/c1-13(19-10-6-4-3-5-7-11-19)17(21)18-15-9-8-14(24-2)12-16(15)20(22)23/h8-9,12-13H,3-7,10-11H2,1-2H3,(H,18,21)/p+1/t13-/m1/s1. The predicted molar refractivity (Wildman–Crippen MR) is 91.5 cm³/mol. The number of likely N-dealkylation sites (tertiary alicyclic amines) is 1. The van der Waals surface area contributed by atoms with Gasteiger partial charge in [-0.1, -0.05) is 6.42 Å². The van der Waals surface area contributed by atoms with Gasteiger partial charge in [-0.25, -0.2) is 0 Å². The molecule has 1 fully saturated rings. The fourth-order valence-corrected chi connectivity index (χ4v) is 3.11. The van der Waals surface area contributed by atoms with E-state index in [1.54, 1.807) is 6.07 Å². The summed E-state index contributed by atoms with van der Waals surface area (Å²) in [6, 6.07) is 4.22. The molecule has 0 aliphatic carbocycles. The van der Waals surface area contributed by atoms with Crippen molar-refractivity contribution < 1.29 is 19.4 Å². The monoisotopic (exact) mass is 336 g/mol. The first-order valence-corrected chi connectivity index (χ1v) is 8.51. The molecule has 0 bridgehead atoms. The van der Waals surface area contributed by atoms with Gasteiger partial charge in [0.05, 0.1) is 31.2 Å². The summed E-state index contributed by atoms with van der Waals surface area (Å²) in [6.45, 7) is 3.83. The molecule has 1 atom stereocenters. The van der Waals surface area contributed by atoms with Gasteiger partial charge in [-0.05, 0) is 44.7 Å². The summed E-state index contributed by atoms with van der Waals surface area (Å²) >= 11 is 0. The molecule has 1 amide bonds. The topological polar surface area (TPSA) is 85.9 Å². The number of quaternary nitrogens is 1. The van der Waals surface area contributed by atoms with Crippen LogP contribution in [0.25, 0.3) is 0 Å². The molecule has 0 unspecified atom stereocenters. The minimum Gasteiger partial charge on any atom is -0.496 e. The number of amides is 1. The number of carbonyl (C=O) groups excluding carboxylic acids is 1. The Bertz CT molecular complexity index is 583. The van der Waals surface area contributed by atoms with E-state index in [0.717, 1.165) is 25.9 Å². The summed E-state index contributed by atoms with van der Waals surface area (Å²) in [5.41, 5.74) is 0.0571. The Kier molecular flexibility index (Phi) is 6.54. The fourth-order valence-electron chi connectivity index (χ4n) is 3.11. The summed E-state index contributed by atoms with van der Waals surface area (Å²) in [5, 5.41) is 13.9. The molecule has 1 aliphatic rings.